The molecular formula is C19H17N3O4S. The molecule has 0 saturated heterocycles. The van der Waals surface area contributed by atoms with Gasteiger partial charge in [0.2, 0.25) is 0 Å². The van der Waals surface area contributed by atoms with E-state index in [-0.39, 0.29) is 0 Å². The highest BCUT2D eigenvalue weighted by atomic mass is 32.1. The molecule has 0 fully saturated rings. The number of urea groups is 1. The molecule has 0 radical (unpaired) electrons. The van der Waals surface area contributed by atoms with E-state index in [1.165, 1.54) is 25.3 Å². The third-order valence-electron chi connectivity index (χ3n) is 3.83. The fourth-order valence-corrected chi connectivity index (χ4v) is 3.13. The molecule has 0 bridgehead atoms. The van der Waals surface area contributed by atoms with Gasteiger partial charge in [-0.1, -0.05) is 24.3 Å². The number of hydrogen-bond donors (Lipinski definition) is 2. The fourth-order valence-electron chi connectivity index (χ4n) is 2.45. The summed E-state index contributed by atoms with van der Waals surface area (Å²) in [5.41, 5.74) is 1.61. The lowest BCUT2D eigenvalue weighted by Gasteiger charge is -2.14. The summed E-state index contributed by atoms with van der Waals surface area (Å²) in [5, 5.41) is 6.90. The van der Waals surface area contributed by atoms with Crippen molar-refractivity contribution in [2.75, 3.05) is 7.05 Å². The Morgan fingerprint density at radius 2 is 1.93 bits per heavy atom. The van der Waals surface area contributed by atoms with E-state index in [9.17, 15) is 14.4 Å². The minimum atomic E-state index is -1.13. The molecule has 27 heavy (non-hydrogen) atoms. The molecule has 0 aliphatic rings. The number of hydrogen-bond acceptors (Lipinski definition) is 6. The van der Waals surface area contributed by atoms with Crippen LogP contribution in [0.3, 0.4) is 0 Å². The second kappa shape index (κ2) is 7.96. The Morgan fingerprint density at radius 3 is 2.63 bits per heavy atom. The maximum atomic E-state index is 12.7. The van der Waals surface area contributed by atoms with Gasteiger partial charge in [-0.3, -0.25) is 10.1 Å². The number of nitrogens with one attached hydrogen (secondary N) is 2. The lowest BCUT2D eigenvalue weighted by atomic mass is 10.1. The first-order valence-corrected chi connectivity index (χ1v) is 9.04. The fraction of sp³-hybridized carbons (Fsp3) is 0.158. The predicted molar refractivity (Wildman–Crippen MR) is 103 cm³/mol. The van der Waals surface area contributed by atoms with Gasteiger partial charge in [-0.2, -0.15) is 0 Å². The van der Waals surface area contributed by atoms with Crippen LogP contribution < -0.4 is 10.6 Å². The van der Waals surface area contributed by atoms with Crippen LogP contribution in [-0.4, -0.2) is 36.0 Å². The third-order valence-corrected chi connectivity index (χ3v) is 4.72. The van der Waals surface area contributed by atoms with Crippen molar-refractivity contribution in [1.82, 2.24) is 15.6 Å². The summed E-state index contributed by atoms with van der Waals surface area (Å²) in [6, 6.07) is 12.0. The standard InChI is InChI=1S/C19H17N3O4S/c1-11(17(23)22-19(25)20-2)26-18(24)13-10-15(16-8-5-9-27-16)21-14-7-4-3-6-12(13)14/h3-11H,1-2H3,(H2,20,22,23,25)/t11-/m1/s1. The Balaban J connectivity index is 1.91. The second-order valence-corrected chi connectivity index (χ2v) is 6.61. The number of pyridine rings is 1. The number of nitrogens with zero attached hydrogens (tertiary/aromatic N) is 1. The highest BCUT2D eigenvalue weighted by Gasteiger charge is 2.22. The minimum absolute atomic E-state index is 0.309. The summed E-state index contributed by atoms with van der Waals surface area (Å²) < 4.78 is 5.27. The molecular weight excluding hydrogens is 366 g/mol. The summed E-state index contributed by atoms with van der Waals surface area (Å²) in [7, 11) is 1.38. The van der Waals surface area contributed by atoms with Gasteiger partial charge in [0.1, 0.15) is 0 Å². The van der Waals surface area contributed by atoms with Crippen LogP contribution >= 0.6 is 11.3 Å². The molecule has 3 amide bonds. The Labute approximate surface area is 159 Å². The van der Waals surface area contributed by atoms with Crippen molar-refractivity contribution in [1.29, 1.82) is 0 Å². The molecule has 1 aromatic carbocycles. The van der Waals surface area contributed by atoms with Gasteiger partial charge >= 0.3 is 12.0 Å². The van der Waals surface area contributed by atoms with Crippen molar-refractivity contribution in [3.63, 3.8) is 0 Å². The first-order valence-electron chi connectivity index (χ1n) is 8.17. The zero-order chi connectivity index (χ0) is 19.4. The zero-order valence-corrected chi connectivity index (χ0v) is 15.5. The third kappa shape index (κ3) is 4.12. The lowest BCUT2D eigenvalue weighted by molar-refractivity contribution is -0.127. The molecule has 138 valence electrons. The van der Waals surface area contributed by atoms with Crippen molar-refractivity contribution in [3.05, 3.63) is 53.4 Å². The molecule has 2 aromatic heterocycles. The smallest absolute Gasteiger partial charge is 0.339 e. The van der Waals surface area contributed by atoms with Crippen molar-refractivity contribution >= 4 is 40.1 Å². The van der Waals surface area contributed by atoms with Gasteiger partial charge in [0.15, 0.2) is 6.10 Å². The van der Waals surface area contributed by atoms with Crippen LogP contribution in [0.1, 0.15) is 17.3 Å². The minimum Gasteiger partial charge on any atom is -0.449 e. The van der Waals surface area contributed by atoms with E-state index in [4.69, 9.17) is 4.74 Å². The predicted octanol–water partition coefficient (Wildman–Crippen LogP) is 2.96. The van der Waals surface area contributed by atoms with Gasteiger partial charge in [0.25, 0.3) is 5.91 Å². The Kier molecular flexibility index (Phi) is 5.46. The van der Waals surface area contributed by atoms with Crippen LogP contribution in [0.4, 0.5) is 4.79 Å². The number of para-hydroxylation sites is 1. The molecule has 7 nitrogen and oxygen atoms in total. The summed E-state index contributed by atoms with van der Waals surface area (Å²) >= 11 is 1.51. The van der Waals surface area contributed by atoms with Crippen LogP contribution in [0.15, 0.2) is 47.8 Å². The Bertz CT molecular complexity index is 1000. The molecule has 2 heterocycles. The number of amides is 3. The van der Waals surface area contributed by atoms with Crippen LogP contribution in [0.5, 0.6) is 0 Å². The Hall–Kier alpha value is -3.26. The van der Waals surface area contributed by atoms with Crippen LogP contribution in [0.2, 0.25) is 0 Å². The van der Waals surface area contributed by atoms with E-state index < -0.39 is 24.0 Å². The summed E-state index contributed by atoms with van der Waals surface area (Å²) in [6.07, 6.45) is -1.13. The van der Waals surface area contributed by atoms with E-state index in [2.05, 4.69) is 15.6 Å². The monoisotopic (exact) mass is 383 g/mol. The number of rotatable bonds is 4. The molecule has 2 N–H and O–H groups in total. The number of thiophene rings is 1. The van der Waals surface area contributed by atoms with Crippen LogP contribution in [0.25, 0.3) is 21.5 Å². The van der Waals surface area contributed by atoms with E-state index in [1.54, 1.807) is 18.2 Å². The largest absolute Gasteiger partial charge is 0.449 e. The number of imide groups is 1. The van der Waals surface area contributed by atoms with Gasteiger partial charge in [-0.25, -0.2) is 14.6 Å². The highest BCUT2D eigenvalue weighted by Crippen LogP contribution is 2.28. The van der Waals surface area contributed by atoms with Crippen LogP contribution in [0, 0.1) is 0 Å². The Morgan fingerprint density at radius 1 is 1.15 bits per heavy atom. The molecule has 0 unspecified atom stereocenters. The number of benzene rings is 1. The van der Waals surface area contributed by atoms with Crippen molar-refractivity contribution in [3.8, 4) is 10.6 Å². The zero-order valence-electron chi connectivity index (χ0n) is 14.7. The molecule has 3 rings (SSSR count). The summed E-state index contributed by atoms with van der Waals surface area (Å²) in [6.45, 7) is 1.40. The van der Waals surface area contributed by atoms with Crippen molar-refractivity contribution < 1.29 is 19.1 Å². The molecule has 1 atom stereocenters. The topological polar surface area (TPSA) is 97.4 Å². The number of carbonyl (C=O) groups excluding carboxylic acids is 3. The van der Waals surface area contributed by atoms with Gasteiger partial charge in [-0.15, -0.1) is 11.3 Å². The first-order chi connectivity index (χ1) is 13.0. The number of aromatic nitrogens is 1. The number of carbonyl (C=O) groups is 3. The van der Waals surface area contributed by atoms with Gasteiger partial charge in [0, 0.05) is 12.4 Å². The maximum Gasteiger partial charge on any atom is 0.339 e. The molecule has 3 aromatic rings. The van der Waals surface area contributed by atoms with Gasteiger partial charge < -0.3 is 10.1 Å². The molecule has 8 heteroatoms. The van der Waals surface area contributed by atoms with Crippen molar-refractivity contribution in [2.45, 2.75) is 13.0 Å². The average molecular weight is 383 g/mol. The molecule has 0 aliphatic carbocycles. The normalized spacial score (nSPS) is 11.6. The summed E-state index contributed by atoms with van der Waals surface area (Å²) in [5.74, 6) is -1.37. The van der Waals surface area contributed by atoms with E-state index in [0.29, 0.717) is 22.2 Å². The lowest BCUT2D eigenvalue weighted by Crippen LogP contribution is -2.43. The SMILES string of the molecule is CNC(=O)NC(=O)[C@@H](C)OC(=O)c1cc(-c2cccs2)nc2ccccc12. The molecule has 0 saturated carbocycles. The van der Waals surface area contributed by atoms with Crippen LogP contribution in [-0.2, 0) is 9.53 Å². The number of fused-ring (bicyclic) bond motifs is 1. The molecule has 0 aliphatic heterocycles. The van der Waals surface area contributed by atoms with Crippen molar-refractivity contribution in [2.24, 2.45) is 0 Å². The van der Waals surface area contributed by atoms with E-state index in [1.807, 2.05) is 29.6 Å². The quantitative estimate of drug-likeness (QED) is 0.675. The van der Waals surface area contributed by atoms with Gasteiger partial charge in [0.05, 0.1) is 21.7 Å². The maximum absolute atomic E-state index is 12.7. The average Bonchev–Trinajstić information content (AvgIpc) is 3.21. The summed E-state index contributed by atoms with van der Waals surface area (Å²) in [4.78, 5) is 41.4. The van der Waals surface area contributed by atoms with E-state index >= 15 is 0 Å². The number of ether oxygens (including phenoxy) is 1. The first kappa shape index (κ1) is 18.5. The number of esters is 1. The molecule has 0 spiro atoms. The highest BCUT2D eigenvalue weighted by molar-refractivity contribution is 7.13. The van der Waals surface area contributed by atoms with E-state index in [0.717, 1.165) is 4.88 Å². The second-order valence-electron chi connectivity index (χ2n) is 5.67. The van der Waals surface area contributed by atoms with Gasteiger partial charge in [-0.05, 0) is 30.5 Å².